The Hall–Kier alpha value is -2.89. The van der Waals surface area contributed by atoms with Crippen molar-refractivity contribution in [1.82, 2.24) is 14.2 Å². The molecule has 0 unspecified atom stereocenters. The molecule has 1 N–H and O–H groups in total. The number of H-pyrrole nitrogens is 1. The first-order valence-corrected chi connectivity index (χ1v) is 11.7. The highest BCUT2D eigenvalue weighted by molar-refractivity contribution is 7.89. The third-order valence-electron chi connectivity index (χ3n) is 5.64. The summed E-state index contributed by atoms with van der Waals surface area (Å²) in [5.41, 5.74) is 2.09. The number of hydrogen-bond donors (Lipinski definition) is 1. The highest BCUT2D eigenvalue weighted by atomic mass is 32.2. The number of Topliss-reactive ketones (excluding diaryl/α,β-unsaturated/α-hetero) is 2. The highest BCUT2D eigenvalue weighted by Crippen LogP contribution is 2.23. The molecule has 32 heavy (non-hydrogen) atoms. The molecule has 10 nitrogen and oxygen atoms in total. The van der Waals surface area contributed by atoms with Crippen LogP contribution < -0.4 is 0 Å². The van der Waals surface area contributed by atoms with Crippen LogP contribution in [0.2, 0.25) is 0 Å². The van der Waals surface area contributed by atoms with Crippen molar-refractivity contribution in [3.05, 3.63) is 56.9 Å². The number of carbonyl (C=O) groups excluding carboxylic acids is 2. The molecule has 1 fully saturated rings. The first kappa shape index (κ1) is 23.8. The van der Waals surface area contributed by atoms with Gasteiger partial charge in [0.1, 0.15) is 0 Å². The molecule has 0 amide bonds. The second kappa shape index (κ2) is 9.31. The minimum Gasteiger partial charge on any atom is -0.355 e. The minimum absolute atomic E-state index is 0.0883. The average molecular weight is 463 g/mol. The third kappa shape index (κ3) is 4.64. The van der Waals surface area contributed by atoms with Crippen LogP contribution in [0.1, 0.15) is 46.0 Å². The smallest absolute Gasteiger partial charge is 0.270 e. The lowest BCUT2D eigenvalue weighted by atomic mass is 10.0. The van der Waals surface area contributed by atoms with Gasteiger partial charge in [-0.3, -0.25) is 24.6 Å². The topological polar surface area (TPSA) is 134 Å². The fraction of sp³-hybridized carbons (Fsp3) is 0.429. The number of aromatic amines is 1. The molecule has 0 radical (unpaired) electrons. The molecule has 3 rings (SSSR count). The van der Waals surface area contributed by atoms with Crippen LogP contribution in [-0.4, -0.2) is 71.8 Å². The van der Waals surface area contributed by atoms with E-state index in [-0.39, 0.29) is 41.8 Å². The molecule has 2 heterocycles. The van der Waals surface area contributed by atoms with Gasteiger partial charge in [0.2, 0.25) is 10.0 Å². The zero-order valence-electron chi connectivity index (χ0n) is 18.3. The largest absolute Gasteiger partial charge is 0.355 e. The summed E-state index contributed by atoms with van der Waals surface area (Å²) in [6.45, 7) is 6.28. The van der Waals surface area contributed by atoms with Crippen molar-refractivity contribution in [2.24, 2.45) is 0 Å². The molecule has 0 bridgehead atoms. The summed E-state index contributed by atoms with van der Waals surface area (Å²) in [4.78, 5) is 40.0. The Labute approximate surface area is 186 Å². The second-order valence-electron chi connectivity index (χ2n) is 7.75. The number of non-ortho nitro benzene ring substituents is 1. The quantitative estimate of drug-likeness (QED) is 0.361. The van der Waals surface area contributed by atoms with Crippen LogP contribution in [0.3, 0.4) is 0 Å². The zero-order chi connectivity index (χ0) is 23.6. The summed E-state index contributed by atoms with van der Waals surface area (Å²) >= 11 is 0. The van der Waals surface area contributed by atoms with Gasteiger partial charge < -0.3 is 4.98 Å². The predicted molar refractivity (Wildman–Crippen MR) is 118 cm³/mol. The maximum atomic E-state index is 12.9. The molecular formula is C21H26N4O6S. The Morgan fingerprint density at radius 1 is 1.19 bits per heavy atom. The standard InChI is InChI=1S/C21H26N4O6S/c1-4-18-20(15(3)26)14(2)22-21(18)19(27)13-23-8-10-24(11-9-23)32(30,31)17-7-5-6-16(12-17)25(28)29/h5-7,12,22H,4,8-11,13H2,1-3H3. The van der Waals surface area contributed by atoms with E-state index in [1.54, 1.807) is 6.92 Å². The summed E-state index contributed by atoms with van der Waals surface area (Å²) < 4.78 is 27.0. The summed E-state index contributed by atoms with van der Waals surface area (Å²) in [5.74, 6) is -0.234. The van der Waals surface area contributed by atoms with Crippen molar-refractivity contribution in [1.29, 1.82) is 0 Å². The molecular weight excluding hydrogens is 436 g/mol. The number of aryl methyl sites for hydroxylation is 1. The third-order valence-corrected chi connectivity index (χ3v) is 7.53. The van der Waals surface area contributed by atoms with Crippen molar-refractivity contribution in [2.75, 3.05) is 32.7 Å². The first-order chi connectivity index (χ1) is 15.1. The van der Waals surface area contributed by atoms with Crippen LogP contribution in [0.4, 0.5) is 5.69 Å². The molecule has 1 aromatic carbocycles. The van der Waals surface area contributed by atoms with E-state index in [4.69, 9.17) is 0 Å². The van der Waals surface area contributed by atoms with Crippen LogP contribution in [0.25, 0.3) is 0 Å². The lowest BCUT2D eigenvalue weighted by Gasteiger charge is -2.33. The van der Waals surface area contributed by atoms with E-state index in [9.17, 15) is 28.1 Å². The second-order valence-corrected chi connectivity index (χ2v) is 9.68. The van der Waals surface area contributed by atoms with Gasteiger partial charge in [0.05, 0.1) is 22.1 Å². The molecule has 1 saturated heterocycles. The Balaban J connectivity index is 1.68. The van der Waals surface area contributed by atoms with Gasteiger partial charge in [0.15, 0.2) is 11.6 Å². The van der Waals surface area contributed by atoms with Crippen molar-refractivity contribution < 1.29 is 22.9 Å². The van der Waals surface area contributed by atoms with E-state index < -0.39 is 14.9 Å². The molecule has 11 heteroatoms. The van der Waals surface area contributed by atoms with Gasteiger partial charge >= 0.3 is 0 Å². The van der Waals surface area contributed by atoms with Gasteiger partial charge in [0, 0.05) is 49.6 Å². The SMILES string of the molecule is CCc1c(C(=O)CN2CCN(S(=O)(=O)c3cccc([N+](=O)[O-])c3)CC2)[nH]c(C)c1C(C)=O. The number of sulfonamides is 1. The number of rotatable bonds is 8. The number of nitro groups is 1. The van der Waals surface area contributed by atoms with Gasteiger partial charge in [-0.1, -0.05) is 13.0 Å². The maximum Gasteiger partial charge on any atom is 0.270 e. The van der Waals surface area contributed by atoms with Crippen molar-refractivity contribution in [3.63, 3.8) is 0 Å². The van der Waals surface area contributed by atoms with Crippen molar-refractivity contribution in [2.45, 2.75) is 32.1 Å². The maximum absolute atomic E-state index is 12.9. The van der Waals surface area contributed by atoms with Gasteiger partial charge in [-0.15, -0.1) is 0 Å². The zero-order valence-corrected chi connectivity index (χ0v) is 19.1. The number of hydrogen-bond acceptors (Lipinski definition) is 7. The number of nitrogens with one attached hydrogen (secondary N) is 1. The number of piperazine rings is 1. The highest BCUT2D eigenvalue weighted by Gasteiger charge is 2.31. The van der Waals surface area contributed by atoms with E-state index in [1.165, 1.54) is 29.4 Å². The molecule has 1 aromatic heterocycles. The Bertz CT molecular complexity index is 1160. The van der Waals surface area contributed by atoms with Gasteiger partial charge in [-0.25, -0.2) is 8.42 Å². The lowest BCUT2D eigenvalue weighted by molar-refractivity contribution is -0.385. The Morgan fingerprint density at radius 3 is 2.41 bits per heavy atom. The number of carbonyl (C=O) groups is 2. The van der Waals surface area contributed by atoms with E-state index in [0.717, 1.165) is 6.07 Å². The monoisotopic (exact) mass is 462 g/mol. The summed E-state index contributed by atoms with van der Waals surface area (Å²) in [5, 5.41) is 11.0. The number of ketones is 2. The summed E-state index contributed by atoms with van der Waals surface area (Å²) in [6, 6.07) is 4.98. The minimum atomic E-state index is -3.87. The van der Waals surface area contributed by atoms with Crippen LogP contribution in [-0.2, 0) is 16.4 Å². The molecule has 172 valence electrons. The van der Waals surface area contributed by atoms with E-state index in [1.807, 2.05) is 11.8 Å². The van der Waals surface area contributed by atoms with Gasteiger partial charge in [-0.05, 0) is 31.9 Å². The number of nitrogens with zero attached hydrogens (tertiary/aromatic N) is 3. The van der Waals surface area contributed by atoms with Crippen LogP contribution in [0, 0.1) is 17.0 Å². The van der Waals surface area contributed by atoms with E-state index >= 15 is 0 Å². The molecule has 0 atom stereocenters. The lowest BCUT2D eigenvalue weighted by Crippen LogP contribution is -2.49. The van der Waals surface area contributed by atoms with E-state index in [0.29, 0.717) is 42.0 Å². The van der Waals surface area contributed by atoms with Crippen LogP contribution >= 0.6 is 0 Å². The van der Waals surface area contributed by atoms with Crippen molar-refractivity contribution >= 4 is 27.3 Å². The van der Waals surface area contributed by atoms with Crippen LogP contribution in [0.15, 0.2) is 29.2 Å². The fourth-order valence-corrected chi connectivity index (χ4v) is 5.52. The predicted octanol–water partition coefficient (Wildman–Crippen LogP) is 2.19. The summed E-state index contributed by atoms with van der Waals surface area (Å²) in [6.07, 6.45) is 0.551. The summed E-state index contributed by atoms with van der Waals surface area (Å²) in [7, 11) is -3.87. The number of benzene rings is 1. The average Bonchev–Trinajstić information content (AvgIpc) is 3.10. The van der Waals surface area contributed by atoms with Crippen molar-refractivity contribution in [3.8, 4) is 0 Å². The van der Waals surface area contributed by atoms with Crippen LogP contribution in [0.5, 0.6) is 0 Å². The number of nitro benzene ring substituents is 1. The normalized spacial score (nSPS) is 15.6. The first-order valence-electron chi connectivity index (χ1n) is 10.3. The number of aromatic nitrogens is 1. The molecule has 1 aliphatic rings. The Kier molecular flexibility index (Phi) is 6.91. The Morgan fingerprint density at radius 2 is 1.84 bits per heavy atom. The fourth-order valence-electron chi connectivity index (χ4n) is 4.06. The molecule has 0 aliphatic carbocycles. The van der Waals surface area contributed by atoms with E-state index in [2.05, 4.69) is 4.98 Å². The molecule has 0 spiro atoms. The molecule has 1 aliphatic heterocycles. The molecule has 2 aromatic rings. The van der Waals surface area contributed by atoms with Gasteiger partial charge in [-0.2, -0.15) is 4.31 Å². The van der Waals surface area contributed by atoms with Gasteiger partial charge in [0.25, 0.3) is 5.69 Å². The molecule has 0 saturated carbocycles.